The number of hydrogen-bond donors (Lipinski definition) is 0. The normalized spacial score (nSPS) is 13.4. The molecular weight excluding hydrogens is 1110 g/mol. The first-order valence-corrected chi connectivity index (χ1v) is 20.3. The largest absolute Gasteiger partial charge is 0.416 e. The van der Waals surface area contributed by atoms with Gasteiger partial charge in [-0.2, -0.15) is 132 Å². The van der Waals surface area contributed by atoms with Crippen molar-refractivity contribution < 1.29 is 115 Å². The summed E-state index contributed by atoms with van der Waals surface area (Å²) in [5, 5.41) is 0.452. The molecule has 3 nitrogen and oxygen atoms in total. The third-order valence-electron chi connectivity index (χ3n) is 10.7. The minimum Gasteiger partial charge on any atom is -0.287 e. The van der Waals surface area contributed by atoms with Crippen LogP contribution in [-0.2, 0) is 56.0 Å². The SMILES string of the molecule is FC(F)(F)c1cc([B-](c2cc(C(F)(F)F)cc(C(F)(F)F)c2)(c2cc(C(F)(F)F)cc(C(F)(F)F)c2)c2cc(C(F)(F)F)cc(C(F)(F)F)c2)cc(C(F)(F)F)c1.O=C(C[n+]1ccnc(Cl)c1Cl)c1ccccc1. The first-order valence-electron chi connectivity index (χ1n) is 19.6. The van der Waals surface area contributed by atoms with Crippen LogP contribution in [0.3, 0.4) is 0 Å². The van der Waals surface area contributed by atoms with Crippen LogP contribution in [0.25, 0.3) is 0 Å². The summed E-state index contributed by atoms with van der Waals surface area (Å²) in [7, 11) is 0. The molecule has 74 heavy (non-hydrogen) atoms. The van der Waals surface area contributed by atoms with Crippen molar-refractivity contribution in [2.45, 2.75) is 56.0 Å². The highest BCUT2D eigenvalue weighted by atomic mass is 35.5. The zero-order chi connectivity index (χ0) is 56.2. The van der Waals surface area contributed by atoms with Gasteiger partial charge in [0.15, 0.2) is 6.20 Å². The fraction of sp³-hybridized carbons (Fsp3) is 0.205. The molecule has 6 rings (SSSR count). The lowest BCUT2D eigenvalue weighted by Crippen LogP contribution is -2.75. The molecule has 0 aliphatic carbocycles. The molecule has 0 radical (unpaired) electrons. The number of nitrogens with zero attached hydrogens (tertiary/aromatic N) is 2. The minimum absolute atomic E-state index is 0.0280. The van der Waals surface area contributed by atoms with Crippen LogP contribution in [0.2, 0.25) is 10.3 Å². The van der Waals surface area contributed by atoms with Crippen LogP contribution in [0.4, 0.5) is 105 Å². The Morgan fingerprint density at radius 3 is 0.878 bits per heavy atom. The van der Waals surface area contributed by atoms with E-state index in [1.165, 1.54) is 6.20 Å². The number of alkyl halides is 24. The van der Waals surface area contributed by atoms with Crippen molar-refractivity contribution in [2.24, 2.45) is 0 Å². The topological polar surface area (TPSA) is 33.8 Å². The molecule has 0 spiro atoms. The Morgan fingerprint density at radius 2 is 0.649 bits per heavy atom. The smallest absolute Gasteiger partial charge is 0.287 e. The molecule has 0 atom stereocenters. The monoisotopic (exact) mass is 1130 g/mol. The molecule has 0 unspecified atom stereocenters. The second-order valence-electron chi connectivity index (χ2n) is 15.6. The fourth-order valence-corrected chi connectivity index (χ4v) is 7.81. The van der Waals surface area contributed by atoms with Crippen molar-refractivity contribution in [1.82, 2.24) is 4.98 Å². The highest BCUT2D eigenvalue weighted by Gasteiger charge is 2.47. The number of ketones is 1. The van der Waals surface area contributed by atoms with Crippen LogP contribution in [0.1, 0.15) is 54.9 Å². The van der Waals surface area contributed by atoms with Crippen LogP contribution in [0, 0.1) is 0 Å². The lowest BCUT2D eigenvalue weighted by atomic mass is 9.12. The second kappa shape index (κ2) is 20.2. The minimum atomic E-state index is -6.13. The van der Waals surface area contributed by atoms with Gasteiger partial charge in [0.05, 0.1) is 50.7 Å². The molecule has 398 valence electrons. The number of hydrogen-bond acceptors (Lipinski definition) is 2. The molecule has 0 saturated carbocycles. The van der Waals surface area contributed by atoms with E-state index in [1.807, 2.05) is 18.2 Å². The lowest BCUT2D eigenvalue weighted by molar-refractivity contribution is -0.681. The van der Waals surface area contributed by atoms with Crippen LogP contribution >= 0.6 is 23.2 Å². The van der Waals surface area contributed by atoms with Crippen LogP contribution in [0.5, 0.6) is 0 Å². The summed E-state index contributed by atoms with van der Waals surface area (Å²) in [5.74, 6) is -0.0280. The molecule has 6 aromatic rings. The van der Waals surface area contributed by atoms with Gasteiger partial charge < -0.3 is 0 Å². The summed E-state index contributed by atoms with van der Waals surface area (Å²) in [6.45, 7) is 0.144. The highest BCUT2D eigenvalue weighted by Crippen LogP contribution is 2.41. The van der Waals surface area contributed by atoms with Crippen molar-refractivity contribution in [3.63, 3.8) is 0 Å². The molecule has 5 aromatic carbocycles. The molecule has 1 heterocycles. The van der Waals surface area contributed by atoms with Gasteiger partial charge in [0, 0.05) is 5.56 Å². The molecule has 0 amide bonds. The third-order valence-corrected chi connectivity index (χ3v) is 11.5. The molecule has 0 fully saturated rings. The number of carbonyl (C=O) groups excluding carboxylic acids is 1. The Balaban J connectivity index is 0.000000500. The maximum Gasteiger partial charge on any atom is 0.416 e. The maximum atomic E-state index is 14.2. The average molecular weight is 1130 g/mol. The number of benzene rings is 5. The predicted octanol–water partition coefficient (Wildman–Crippen LogP) is 13.8. The number of Topliss-reactive ketones (excluding diaryl/α,β-unsaturated/α-hetero) is 1. The Bertz CT molecular complexity index is 2590. The number of carbonyl (C=O) groups is 1. The molecule has 0 aliphatic rings. The maximum absolute atomic E-state index is 14.2. The molecule has 30 heteroatoms. The van der Waals surface area contributed by atoms with E-state index in [2.05, 4.69) is 4.98 Å². The average Bonchev–Trinajstić information content (AvgIpc) is 3.26. The summed E-state index contributed by atoms with van der Waals surface area (Å²) in [4.78, 5) is 15.8. The highest BCUT2D eigenvalue weighted by molar-refractivity contribution is 7.20. The first-order chi connectivity index (χ1) is 33.4. The summed E-state index contributed by atoms with van der Waals surface area (Å²) in [6, 6.07) is 0.215. The van der Waals surface area contributed by atoms with Gasteiger partial charge in [0.25, 0.3) is 0 Å². The lowest BCUT2D eigenvalue weighted by Gasteiger charge is -2.46. The van der Waals surface area contributed by atoms with Crippen LogP contribution < -0.4 is 26.4 Å². The van der Waals surface area contributed by atoms with E-state index < -0.39 is 195 Å². The first kappa shape index (κ1) is 58.7. The Kier molecular flexibility index (Phi) is 16.0. The Labute approximate surface area is 407 Å². The van der Waals surface area contributed by atoms with Gasteiger partial charge in [0.2, 0.25) is 17.5 Å². The van der Waals surface area contributed by atoms with Crippen molar-refractivity contribution in [1.29, 1.82) is 0 Å². The summed E-state index contributed by atoms with van der Waals surface area (Å²) in [6.07, 6.45) is -51.7. The van der Waals surface area contributed by atoms with Gasteiger partial charge in [-0.25, -0.2) is 4.98 Å². The third kappa shape index (κ3) is 13.4. The van der Waals surface area contributed by atoms with Gasteiger partial charge in [-0.1, -0.05) is 90.5 Å². The molecular formula is C44H21BCl2F24N2O. The van der Waals surface area contributed by atoms with Crippen LogP contribution in [-0.4, -0.2) is 16.9 Å². The molecule has 0 bridgehead atoms. The summed E-state index contributed by atoms with van der Waals surface area (Å²) >= 11 is 11.7. The van der Waals surface area contributed by atoms with Gasteiger partial charge in [-0.15, -0.1) is 0 Å². The van der Waals surface area contributed by atoms with Crippen molar-refractivity contribution in [3.05, 3.63) is 176 Å². The zero-order valence-electron chi connectivity index (χ0n) is 35.4. The number of aromatic nitrogens is 2. The number of rotatable bonds is 7. The van der Waals surface area contributed by atoms with E-state index >= 15 is 0 Å². The van der Waals surface area contributed by atoms with E-state index in [0.717, 1.165) is 0 Å². The standard InChI is InChI=1S/C32H12BF24.C12H9Cl2N2O/c34-25(35,36)13-1-14(26(37,38)39)6-21(5-13)33(22-7-15(27(40,41)42)2-16(8-22)28(43,44)45,23-9-17(29(46,47)48)3-18(10-23)30(49,50)51)24-11-19(31(52,53)54)4-20(12-24)32(55,56)57;13-11-12(14)16(7-6-15-11)8-10(17)9-4-2-1-3-5-9/h1-12H;1-7H,8H2/q-1;+1. The van der Waals surface area contributed by atoms with E-state index in [9.17, 15) is 110 Å². The van der Waals surface area contributed by atoms with Crippen molar-refractivity contribution >= 4 is 57.0 Å². The Hall–Kier alpha value is -6.19. The van der Waals surface area contributed by atoms with Gasteiger partial charge in [-0.3, -0.25) is 4.79 Å². The molecule has 0 saturated heterocycles. The van der Waals surface area contributed by atoms with Crippen molar-refractivity contribution in [3.8, 4) is 0 Å². The molecule has 0 aliphatic heterocycles. The van der Waals surface area contributed by atoms with E-state index in [-0.39, 0.29) is 22.6 Å². The van der Waals surface area contributed by atoms with Crippen molar-refractivity contribution in [2.75, 3.05) is 0 Å². The van der Waals surface area contributed by atoms with Crippen LogP contribution in [0.15, 0.2) is 116 Å². The summed E-state index contributed by atoms with van der Waals surface area (Å²) < 4.78 is 342. The van der Waals surface area contributed by atoms with E-state index in [4.69, 9.17) is 23.2 Å². The van der Waals surface area contributed by atoms with Gasteiger partial charge >= 0.3 is 54.6 Å². The number of halogens is 26. The Morgan fingerprint density at radius 1 is 0.405 bits per heavy atom. The van der Waals surface area contributed by atoms with Gasteiger partial charge in [-0.05, 0) is 35.9 Å². The molecule has 1 aromatic heterocycles. The predicted molar refractivity (Wildman–Crippen MR) is 215 cm³/mol. The van der Waals surface area contributed by atoms with Gasteiger partial charge in [0.1, 0.15) is 6.15 Å². The quantitative estimate of drug-likeness (QED) is 0.0691. The zero-order valence-corrected chi connectivity index (χ0v) is 36.9. The van der Waals surface area contributed by atoms with E-state index in [0.29, 0.717) is 5.56 Å². The second-order valence-corrected chi connectivity index (χ2v) is 16.4. The fourth-order valence-electron chi connectivity index (χ4n) is 7.48. The molecule has 0 N–H and O–H groups in total. The van der Waals surface area contributed by atoms with E-state index in [1.54, 1.807) is 22.9 Å². The summed E-state index contributed by atoms with van der Waals surface area (Å²) in [5.41, 5.74) is -29.6.